The fourth-order valence-corrected chi connectivity index (χ4v) is 2.13. The van der Waals surface area contributed by atoms with Crippen LogP contribution < -0.4 is 10.6 Å². The number of carbonyl (C=O) groups excluding carboxylic acids is 1. The van der Waals surface area contributed by atoms with E-state index in [-0.39, 0.29) is 17.8 Å². The molecule has 3 nitrogen and oxygen atoms in total. The second kappa shape index (κ2) is 7.16. The summed E-state index contributed by atoms with van der Waals surface area (Å²) in [6.07, 6.45) is -4.65. The number of rotatable bonds is 3. The van der Waals surface area contributed by atoms with Crippen LogP contribution >= 0.6 is 15.9 Å². The molecule has 0 fully saturated rings. The maximum absolute atomic E-state index is 13.6. The average Bonchev–Trinajstić information content (AvgIpc) is 2.48. The van der Waals surface area contributed by atoms with Gasteiger partial charge in [-0.3, -0.25) is 0 Å². The number of hydrogen-bond donors (Lipinski definition) is 2. The van der Waals surface area contributed by atoms with Crippen molar-refractivity contribution in [3.05, 3.63) is 63.6 Å². The van der Waals surface area contributed by atoms with Crippen LogP contribution in [0.3, 0.4) is 0 Å². The number of amides is 2. The largest absolute Gasteiger partial charge is 0.416 e. The summed E-state index contributed by atoms with van der Waals surface area (Å²) in [5.74, 6) is -1.78. The maximum Gasteiger partial charge on any atom is 0.416 e. The van der Waals surface area contributed by atoms with Crippen LogP contribution in [0, 0.1) is 11.6 Å². The van der Waals surface area contributed by atoms with Crippen molar-refractivity contribution in [1.82, 2.24) is 5.32 Å². The number of carbonyl (C=O) groups is 1. The van der Waals surface area contributed by atoms with Gasteiger partial charge in [0, 0.05) is 16.6 Å². The first-order valence-electron chi connectivity index (χ1n) is 6.52. The fraction of sp³-hybridized carbons (Fsp3) is 0.133. The molecule has 0 aliphatic heterocycles. The fourth-order valence-electron chi connectivity index (χ4n) is 1.80. The predicted octanol–water partition coefficient (Wildman–Crippen LogP) is 5.07. The Bertz CT molecular complexity index is 764. The molecule has 0 aliphatic carbocycles. The summed E-state index contributed by atoms with van der Waals surface area (Å²) < 4.78 is 65.0. The molecule has 128 valence electrons. The Morgan fingerprint density at radius 1 is 1.04 bits per heavy atom. The van der Waals surface area contributed by atoms with Crippen molar-refractivity contribution in [3.8, 4) is 0 Å². The van der Waals surface area contributed by atoms with E-state index in [1.165, 1.54) is 12.1 Å². The molecular formula is C15H10BrF5N2O. The van der Waals surface area contributed by atoms with E-state index in [1.54, 1.807) is 0 Å². The number of nitrogens with one attached hydrogen (secondary N) is 2. The highest BCUT2D eigenvalue weighted by atomic mass is 79.9. The van der Waals surface area contributed by atoms with Gasteiger partial charge in [0.2, 0.25) is 0 Å². The first-order valence-corrected chi connectivity index (χ1v) is 7.31. The lowest BCUT2D eigenvalue weighted by atomic mass is 10.1. The van der Waals surface area contributed by atoms with E-state index in [9.17, 15) is 26.7 Å². The standard InChI is InChI=1S/C15H10BrF5N2O/c16-10-3-4-13(12(18)6-10)23-14(24)22-7-8-1-2-9(5-11(8)17)15(19,20)21/h1-6H,7H2,(H2,22,23,24). The second-order valence-electron chi connectivity index (χ2n) is 4.74. The molecule has 0 aliphatic rings. The predicted molar refractivity (Wildman–Crippen MR) is 81.4 cm³/mol. The molecule has 9 heteroatoms. The molecular weight excluding hydrogens is 399 g/mol. The monoisotopic (exact) mass is 408 g/mol. The highest BCUT2D eigenvalue weighted by Crippen LogP contribution is 2.30. The zero-order chi connectivity index (χ0) is 17.9. The Balaban J connectivity index is 1.99. The number of urea groups is 1. The number of alkyl halides is 3. The van der Waals surface area contributed by atoms with Gasteiger partial charge in [0.05, 0.1) is 11.3 Å². The van der Waals surface area contributed by atoms with Crippen molar-refractivity contribution in [2.45, 2.75) is 12.7 Å². The summed E-state index contributed by atoms with van der Waals surface area (Å²) in [7, 11) is 0. The lowest BCUT2D eigenvalue weighted by Crippen LogP contribution is -2.29. The second-order valence-corrected chi connectivity index (χ2v) is 5.65. The first kappa shape index (κ1) is 18.2. The van der Waals surface area contributed by atoms with E-state index >= 15 is 0 Å². The van der Waals surface area contributed by atoms with Gasteiger partial charge in [0.25, 0.3) is 0 Å². The topological polar surface area (TPSA) is 41.1 Å². The van der Waals surface area contributed by atoms with Gasteiger partial charge >= 0.3 is 12.2 Å². The number of halogens is 6. The van der Waals surface area contributed by atoms with E-state index < -0.39 is 29.4 Å². The van der Waals surface area contributed by atoms with Gasteiger partial charge in [-0.2, -0.15) is 13.2 Å². The minimum atomic E-state index is -4.65. The third kappa shape index (κ3) is 4.67. The van der Waals surface area contributed by atoms with Crippen molar-refractivity contribution in [3.63, 3.8) is 0 Å². The molecule has 2 amide bonds. The van der Waals surface area contributed by atoms with Crippen LogP contribution in [0.15, 0.2) is 40.9 Å². The van der Waals surface area contributed by atoms with E-state index in [0.717, 1.165) is 12.1 Å². The Morgan fingerprint density at radius 3 is 2.33 bits per heavy atom. The highest BCUT2D eigenvalue weighted by Gasteiger charge is 2.31. The van der Waals surface area contributed by atoms with E-state index in [1.807, 2.05) is 0 Å². The summed E-state index contributed by atoms with van der Waals surface area (Å²) >= 11 is 3.06. The normalized spacial score (nSPS) is 11.2. The van der Waals surface area contributed by atoms with Gasteiger partial charge in [-0.1, -0.05) is 22.0 Å². The van der Waals surface area contributed by atoms with Crippen molar-refractivity contribution in [1.29, 1.82) is 0 Å². The van der Waals surface area contributed by atoms with Crippen LogP contribution in [0.4, 0.5) is 32.4 Å². The zero-order valence-corrected chi connectivity index (χ0v) is 13.4. The number of benzene rings is 2. The molecule has 0 heterocycles. The average molecular weight is 409 g/mol. The molecule has 0 saturated heterocycles. The van der Waals surface area contributed by atoms with Gasteiger partial charge in [-0.25, -0.2) is 13.6 Å². The van der Waals surface area contributed by atoms with Gasteiger partial charge < -0.3 is 10.6 Å². The molecule has 2 aromatic carbocycles. The van der Waals surface area contributed by atoms with Gasteiger partial charge in [-0.15, -0.1) is 0 Å². The van der Waals surface area contributed by atoms with E-state index in [2.05, 4.69) is 26.6 Å². The van der Waals surface area contributed by atoms with Crippen molar-refractivity contribution >= 4 is 27.6 Å². The summed E-state index contributed by atoms with van der Waals surface area (Å²) in [6, 6.07) is 5.14. The van der Waals surface area contributed by atoms with Crippen molar-refractivity contribution in [2.24, 2.45) is 0 Å². The summed E-state index contributed by atoms with van der Waals surface area (Å²) in [5, 5.41) is 4.45. The smallest absolute Gasteiger partial charge is 0.334 e. The molecule has 0 atom stereocenters. The Kier molecular flexibility index (Phi) is 5.43. The van der Waals surface area contributed by atoms with Gasteiger partial charge in [-0.05, 0) is 30.3 Å². The van der Waals surface area contributed by atoms with Crippen LogP contribution in [-0.2, 0) is 12.7 Å². The molecule has 0 bridgehead atoms. The lowest BCUT2D eigenvalue weighted by Gasteiger charge is -2.11. The van der Waals surface area contributed by atoms with E-state index in [4.69, 9.17) is 0 Å². The van der Waals surface area contributed by atoms with Crippen molar-refractivity contribution in [2.75, 3.05) is 5.32 Å². The van der Waals surface area contributed by atoms with Crippen LogP contribution in [0.2, 0.25) is 0 Å². The van der Waals surface area contributed by atoms with E-state index in [0.29, 0.717) is 16.6 Å². The quantitative estimate of drug-likeness (QED) is 0.684. The van der Waals surface area contributed by atoms with Gasteiger partial charge in [0.15, 0.2) is 0 Å². The Labute approximate surface area is 142 Å². The van der Waals surface area contributed by atoms with Gasteiger partial charge in [0.1, 0.15) is 11.6 Å². The highest BCUT2D eigenvalue weighted by molar-refractivity contribution is 9.10. The Hall–Kier alpha value is -2.16. The number of anilines is 1. The lowest BCUT2D eigenvalue weighted by molar-refractivity contribution is -0.137. The zero-order valence-electron chi connectivity index (χ0n) is 11.8. The minimum absolute atomic E-state index is 0.0939. The molecule has 2 aromatic rings. The molecule has 0 radical (unpaired) electrons. The molecule has 2 rings (SSSR count). The molecule has 0 saturated carbocycles. The first-order chi connectivity index (χ1) is 11.2. The molecule has 24 heavy (non-hydrogen) atoms. The van der Waals surface area contributed by atoms with Crippen LogP contribution in [0.25, 0.3) is 0 Å². The summed E-state index contributed by atoms with van der Waals surface area (Å²) in [6.45, 7) is -0.353. The van der Waals surface area contributed by atoms with Crippen LogP contribution in [-0.4, -0.2) is 6.03 Å². The Morgan fingerprint density at radius 2 is 1.75 bits per heavy atom. The maximum atomic E-state index is 13.6. The molecule has 0 aromatic heterocycles. The van der Waals surface area contributed by atoms with Crippen molar-refractivity contribution < 1.29 is 26.7 Å². The minimum Gasteiger partial charge on any atom is -0.334 e. The van der Waals surface area contributed by atoms with Crippen LogP contribution in [0.1, 0.15) is 11.1 Å². The number of hydrogen-bond acceptors (Lipinski definition) is 1. The summed E-state index contributed by atoms with van der Waals surface area (Å²) in [4.78, 5) is 11.7. The SMILES string of the molecule is O=C(NCc1ccc(C(F)(F)F)cc1F)Nc1ccc(Br)cc1F. The van der Waals surface area contributed by atoms with Crippen LogP contribution in [0.5, 0.6) is 0 Å². The molecule has 2 N–H and O–H groups in total. The third-order valence-corrected chi connectivity index (χ3v) is 3.49. The molecule has 0 unspecified atom stereocenters. The third-order valence-electron chi connectivity index (χ3n) is 3.00. The summed E-state index contributed by atoms with van der Waals surface area (Å²) in [5.41, 5.74) is -1.34. The molecule has 0 spiro atoms.